The lowest BCUT2D eigenvalue weighted by atomic mass is 10.1. The number of nitrogens with one attached hydrogen (secondary N) is 1. The van der Waals surface area contributed by atoms with E-state index < -0.39 is 0 Å². The number of H-pyrrole nitrogens is 1. The molecule has 1 heterocycles. The number of hydrogen-bond acceptors (Lipinski definition) is 3. The molecule has 114 valence electrons. The molecule has 1 aromatic carbocycles. The van der Waals surface area contributed by atoms with Crippen molar-refractivity contribution in [2.24, 2.45) is 0 Å². The lowest BCUT2D eigenvalue weighted by molar-refractivity contribution is 0.223. The van der Waals surface area contributed by atoms with Crippen molar-refractivity contribution >= 4 is 0 Å². The van der Waals surface area contributed by atoms with E-state index in [9.17, 15) is 0 Å². The van der Waals surface area contributed by atoms with Crippen LogP contribution in [0, 0.1) is 13.8 Å². The van der Waals surface area contributed by atoms with Crippen LogP contribution >= 0.6 is 0 Å². The number of aromatic amines is 1. The molecular weight excluding hydrogens is 260 g/mol. The molecule has 0 spiro atoms. The molecule has 0 bridgehead atoms. The molecule has 1 aromatic heterocycles. The third-order valence-electron chi connectivity index (χ3n) is 3.66. The minimum Gasteiger partial charge on any atom is -0.308 e. The summed E-state index contributed by atoms with van der Waals surface area (Å²) in [7, 11) is 4.23. The van der Waals surface area contributed by atoms with Gasteiger partial charge in [0.25, 0.3) is 0 Å². The first-order valence-electron chi connectivity index (χ1n) is 7.47. The van der Waals surface area contributed by atoms with Gasteiger partial charge in [-0.15, -0.1) is 0 Å². The molecule has 4 nitrogen and oxygen atoms in total. The molecule has 2 rings (SSSR count). The molecule has 0 amide bonds. The molecule has 0 radical (unpaired) electrons. The van der Waals surface area contributed by atoms with Crippen LogP contribution in [0.1, 0.15) is 22.5 Å². The molecule has 1 N–H and O–H groups in total. The number of aromatic nitrogens is 2. The third-order valence-corrected chi connectivity index (χ3v) is 3.66. The van der Waals surface area contributed by atoms with Gasteiger partial charge in [0.05, 0.1) is 5.69 Å². The van der Waals surface area contributed by atoms with E-state index in [1.807, 2.05) is 6.92 Å². The minimum absolute atomic E-state index is 0.881. The zero-order valence-corrected chi connectivity index (χ0v) is 13.6. The summed E-state index contributed by atoms with van der Waals surface area (Å²) >= 11 is 0. The zero-order chi connectivity index (χ0) is 15.2. The fourth-order valence-electron chi connectivity index (χ4n) is 2.37. The number of nitrogens with zero attached hydrogens (tertiary/aromatic N) is 3. The average molecular weight is 286 g/mol. The highest BCUT2D eigenvalue weighted by Gasteiger charge is 2.10. The maximum Gasteiger partial charge on any atom is 0.0765 e. The van der Waals surface area contributed by atoms with Crippen LogP contribution in [0.3, 0.4) is 0 Å². The van der Waals surface area contributed by atoms with E-state index in [0.717, 1.165) is 37.6 Å². The fourth-order valence-corrected chi connectivity index (χ4v) is 2.37. The second kappa shape index (κ2) is 7.38. The van der Waals surface area contributed by atoms with Crippen LogP contribution in [0.2, 0.25) is 0 Å². The first-order chi connectivity index (χ1) is 10.0. The Balaban J connectivity index is 2.06. The molecule has 0 fully saturated rings. The summed E-state index contributed by atoms with van der Waals surface area (Å²) in [4.78, 5) is 4.68. The number of hydrogen-bond donors (Lipinski definition) is 1. The molecule has 4 heteroatoms. The van der Waals surface area contributed by atoms with Crippen molar-refractivity contribution in [3.8, 4) is 0 Å². The molecule has 21 heavy (non-hydrogen) atoms. The van der Waals surface area contributed by atoms with Crippen molar-refractivity contribution in [3.05, 3.63) is 52.8 Å². The lowest BCUT2D eigenvalue weighted by Crippen LogP contribution is -2.31. The van der Waals surface area contributed by atoms with Gasteiger partial charge in [-0.25, -0.2) is 0 Å². The zero-order valence-electron chi connectivity index (χ0n) is 13.6. The average Bonchev–Trinajstić information content (AvgIpc) is 2.84. The summed E-state index contributed by atoms with van der Waals surface area (Å²) in [6.45, 7) is 8.15. The van der Waals surface area contributed by atoms with Crippen LogP contribution in [0.5, 0.6) is 0 Å². The van der Waals surface area contributed by atoms with Crippen molar-refractivity contribution in [2.45, 2.75) is 26.9 Å². The Morgan fingerprint density at radius 2 is 1.81 bits per heavy atom. The Kier molecular flexibility index (Phi) is 5.53. The quantitative estimate of drug-likeness (QED) is 0.849. The summed E-state index contributed by atoms with van der Waals surface area (Å²) < 4.78 is 0. The molecular formula is C17H26N4. The van der Waals surface area contributed by atoms with Gasteiger partial charge in [0.15, 0.2) is 0 Å². The number of benzene rings is 1. The normalized spacial score (nSPS) is 11.5. The van der Waals surface area contributed by atoms with E-state index in [2.05, 4.69) is 71.3 Å². The van der Waals surface area contributed by atoms with Crippen molar-refractivity contribution in [1.29, 1.82) is 0 Å². The first-order valence-corrected chi connectivity index (χ1v) is 7.47. The number of aryl methyl sites for hydroxylation is 2. The van der Waals surface area contributed by atoms with Crippen LogP contribution < -0.4 is 0 Å². The largest absolute Gasteiger partial charge is 0.308 e. The van der Waals surface area contributed by atoms with E-state index in [-0.39, 0.29) is 0 Å². The fraction of sp³-hybridized carbons (Fsp3) is 0.471. The van der Waals surface area contributed by atoms with Gasteiger partial charge in [0.2, 0.25) is 0 Å². The van der Waals surface area contributed by atoms with E-state index in [4.69, 9.17) is 0 Å². The van der Waals surface area contributed by atoms with Gasteiger partial charge in [0.1, 0.15) is 0 Å². The summed E-state index contributed by atoms with van der Waals surface area (Å²) in [6.07, 6.45) is 0. The maximum absolute atomic E-state index is 4.37. The third kappa shape index (κ3) is 4.99. The number of rotatable bonds is 7. The lowest BCUT2D eigenvalue weighted by Gasteiger charge is -2.24. The van der Waals surface area contributed by atoms with Crippen molar-refractivity contribution < 1.29 is 0 Å². The summed E-state index contributed by atoms with van der Waals surface area (Å²) in [6, 6.07) is 10.7. The Morgan fingerprint density at radius 1 is 1.05 bits per heavy atom. The molecule has 0 aliphatic carbocycles. The predicted molar refractivity (Wildman–Crippen MR) is 87.2 cm³/mol. The van der Waals surface area contributed by atoms with Crippen LogP contribution in [-0.2, 0) is 13.1 Å². The molecule has 0 atom stereocenters. The van der Waals surface area contributed by atoms with Crippen LogP contribution in [0.4, 0.5) is 0 Å². The van der Waals surface area contributed by atoms with Crippen LogP contribution in [0.25, 0.3) is 0 Å². The Bertz CT molecular complexity index is 559. The van der Waals surface area contributed by atoms with Gasteiger partial charge < -0.3 is 4.90 Å². The monoisotopic (exact) mass is 286 g/mol. The van der Waals surface area contributed by atoms with Crippen molar-refractivity contribution in [3.63, 3.8) is 0 Å². The van der Waals surface area contributed by atoms with Gasteiger partial charge >= 0.3 is 0 Å². The van der Waals surface area contributed by atoms with Crippen LogP contribution in [0.15, 0.2) is 30.3 Å². The summed E-state index contributed by atoms with van der Waals surface area (Å²) in [5, 5.41) is 7.39. The Morgan fingerprint density at radius 3 is 2.43 bits per heavy atom. The second-order valence-electron chi connectivity index (χ2n) is 5.98. The van der Waals surface area contributed by atoms with Gasteiger partial charge in [0, 0.05) is 31.9 Å². The van der Waals surface area contributed by atoms with Crippen molar-refractivity contribution in [1.82, 2.24) is 20.0 Å². The predicted octanol–water partition coefficient (Wildman–Crippen LogP) is 2.59. The van der Waals surface area contributed by atoms with E-state index in [0.29, 0.717) is 0 Å². The molecule has 0 saturated carbocycles. The van der Waals surface area contributed by atoms with Gasteiger partial charge in [-0.1, -0.05) is 24.3 Å². The van der Waals surface area contributed by atoms with Crippen LogP contribution in [-0.4, -0.2) is 47.2 Å². The van der Waals surface area contributed by atoms with E-state index in [1.54, 1.807) is 0 Å². The first kappa shape index (κ1) is 15.7. The van der Waals surface area contributed by atoms with Crippen molar-refractivity contribution in [2.75, 3.05) is 27.2 Å². The SMILES string of the molecule is Cc1cc(CN(CCN(C)C)Cc2ccccc2C)n[nH]1. The van der Waals surface area contributed by atoms with Gasteiger partial charge in [-0.3, -0.25) is 10.00 Å². The highest BCUT2D eigenvalue weighted by atomic mass is 15.2. The molecule has 0 unspecified atom stereocenters. The molecule has 2 aromatic rings. The van der Waals surface area contributed by atoms with Gasteiger partial charge in [-0.2, -0.15) is 5.10 Å². The molecule has 0 saturated heterocycles. The highest BCUT2D eigenvalue weighted by Crippen LogP contribution is 2.13. The maximum atomic E-state index is 4.37. The summed E-state index contributed by atoms with van der Waals surface area (Å²) in [5.41, 5.74) is 4.97. The minimum atomic E-state index is 0.881. The second-order valence-corrected chi connectivity index (χ2v) is 5.98. The molecule has 0 aliphatic rings. The van der Waals surface area contributed by atoms with Gasteiger partial charge in [-0.05, 0) is 45.1 Å². The molecule has 0 aliphatic heterocycles. The smallest absolute Gasteiger partial charge is 0.0765 e. The Labute approximate surface area is 127 Å². The summed E-state index contributed by atoms with van der Waals surface area (Å²) in [5.74, 6) is 0. The standard InChI is InChI=1S/C17H26N4/c1-14-7-5-6-8-16(14)12-21(10-9-20(3)4)13-17-11-15(2)18-19-17/h5-8,11H,9-10,12-13H2,1-4H3,(H,18,19). The van der Waals surface area contributed by atoms with E-state index in [1.165, 1.54) is 11.1 Å². The topological polar surface area (TPSA) is 35.2 Å². The Hall–Kier alpha value is -1.65. The number of likely N-dealkylation sites (N-methyl/N-ethyl adjacent to an activating group) is 1. The van der Waals surface area contributed by atoms with E-state index >= 15 is 0 Å². The highest BCUT2D eigenvalue weighted by molar-refractivity contribution is 5.25.